The molecule has 0 saturated heterocycles. The number of H-pyrrole nitrogens is 1. The molecule has 0 radical (unpaired) electrons. The SMILES string of the molecule is CNCC1CCCc2c1[nH]c1c(OC)cc(C)cc21. The Balaban J connectivity index is 2.20. The van der Waals surface area contributed by atoms with E-state index in [1.54, 1.807) is 7.11 Å². The molecule has 1 heterocycles. The van der Waals surface area contributed by atoms with E-state index >= 15 is 0 Å². The van der Waals surface area contributed by atoms with Gasteiger partial charge >= 0.3 is 0 Å². The van der Waals surface area contributed by atoms with Gasteiger partial charge in [-0.2, -0.15) is 0 Å². The summed E-state index contributed by atoms with van der Waals surface area (Å²) in [7, 11) is 3.78. The zero-order valence-corrected chi connectivity index (χ0v) is 12.0. The number of hydrogen-bond acceptors (Lipinski definition) is 2. The normalized spacial score (nSPS) is 18.6. The van der Waals surface area contributed by atoms with Gasteiger partial charge in [0.2, 0.25) is 0 Å². The monoisotopic (exact) mass is 258 g/mol. The van der Waals surface area contributed by atoms with Gasteiger partial charge in [-0.25, -0.2) is 0 Å². The van der Waals surface area contributed by atoms with E-state index in [9.17, 15) is 0 Å². The minimum Gasteiger partial charge on any atom is -0.495 e. The summed E-state index contributed by atoms with van der Waals surface area (Å²) >= 11 is 0. The van der Waals surface area contributed by atoms with Crippen molar-refractivity contribution in [2.45, 2.75) is 32.1 Å². The van der Waals surface area contributed by atoms with Crippen molar-refractivity contribution in [1.29, 1.82) is 0 Å². The fourth-order valence-electron chi connectivity index (χ4n) is 3.37. The molecule has 2 N–H and O–H groups in total. The molecular formula is C16H22N2O. The maximum absolute atomic E-state index is 5.53. The van der Waals surface area contributed by atoms with Crippen LogP contribution in [0.3, 0.4) is 0 Å². The molecule has 1 aliphatic rings. The topological polar surface area (TPSA) is 37.0 Å². The summed E-state index contributed by atoms with van der Waals surface area (Å²) in [5, 5.41) is 4.67. The number of likely N-dealkylation sites (N-methyl/N-ethyl adjacent to an activating group) is 1. The summed E-state index contributed by atoms with van der Waals surface area (Å²) in [5.41, 5.74) is 5.35. The number of methoxy groups -OCH3 is 1. The van der Waals surface area contributed by atoms with Crippen molar-refractivity contribution in [2.24, 2.45) is 0 Å². The molecule has 1 aliphatic carbocycles. The van der Waals surface area contributed by atoms with E-state index in [0.29, 0.717) is 5.92 Å². The highest BCUT2D eigenvalue weighted by molar-refractivity contribution is 5.90. The second kappa shape index (κ2) is 4.89. The Kier molecular flexibility index (Phi) is 3.23. The Bertz CT molecular complexity index is 600. The van der Waals surface area contributed by atoms with Gasteiger partial charge in [0.25, 0.3) is 0 Å². The molecule has 3 heteroatoms. The van der Waals surface area contributed by atoms with E-state index in [1.807, 2.05) is 7.05 Å². The Morgan fingerprint density at radius 1 is 1.42 bits per heavy atom. The molecule has 1 atom stereocenters. The van der Waals surface area contributed by atoms with Gasteiger partial charge in [-0.15, -0.1) is 0 Å². The number of rotatable bonds is 3. The van der Waals surface area contributed by atoms with Gasteiger partial charge in [0.05, 0.1) is 12.6 Å². The van der Waals surface area contributed by atoms with Crippen LogP contribution in [0.5, 0.6) is 5.75 Å². The molecule has 102 valence electrons. The van der Waals surface area contributed by atoms with Crippen LogP contribution < -0.4 is 10.1 Å². The molecule has 19 heavy (non-hydrogen) atoms. The quantitative estimate of drug-likeness (QED) is 0.887. The minimum absolute atomic E-state index is 0.603. The van der Waals surface area contributed by atoms with Crippen LogP contribution >= 0.6 is 0 Å². The predicted molar refractivity (Wildman–Crippen MR) is 79.2 cm³/mol. The van der Waals surface area contributed by atoms with Gasteiger partial charge < -0.3 is 15.0 Å². The van der Waals surface area contributed by atoms with Crippen LogP contribution in [0, 0.1) is 6.92 Å². The summed E-state index contributed by atoms with van der Waals surface area (Å²) in [5.74, 6) is 1.57. The van der Waals surface area contributed by atoms with Crippen LogP contribution in [-0.2, 0) is 6.42 Å². The zero-order valence-electron chi connectivity index (χ0n) is 12.0. The highest BCUT2D eigenvalue weighted by atomic mass is 16.5. The van der Waals surface area contributed by atoms with Crippen molar-refractivity contribution in [3.05, 3.63) is 29.0 Å². The third-order valence-corrected chi connectivity index (χ3v) is 4.21. The summed E-state index contributed by atoms with van der Waals surface area (Å²) in [6, 6.07) is 4.40. The molecule has 0 fully saturated rings. The van der Waals surface area contributed by atoms with Crippen molar-refractivity contribution in [1.82, 2.24) is 10.3 Å². The number of hydrogen-bond donors (Lipinski definition) is 2. The number of aromatic nitrogens is 1. The molecule has 1 unspecified atom stereocenters. The number of benzene rings is 1. The molecule has 0 aliphatic heterocycles. The van der Waals surface area contributed by atoms with E-state index in [-0.39, 0.29) is 0 Å². The van der Waals surface area contributed by atoms with Crippen LogP contribution in [0.4, 0.5) is 0 Å². The number of fused-ring (bicyclic) bond motifs is 3. The van der Waals surface area contributed by atoms with Crippen LogP contribution in [0.15, 0.2) is 12.1 Å². The fraction of sp³-hybridized carbons (Fsp3) is 0.500. The van der Waals surface area contributed by atoms with Gasteiger partial charge in [-0.05, 0) is 56.5 Å². The second-order valence-electron chi connectivity index (χ2n) is 5.55. The maximum atomic E-state index is 5.53. The first-order valence-corrected chi connectivity index (χ1v) is 7.08. The molecule has 1 aromatic carbocycles. The zero-order chi connectivity index (χ0) is 13.4. The summed E-state index contributed by atoms with van der Waals surface area (Å²) in [6.45, 7) is 3.18. The fourth-order valence-corrected chi connectivity index (χ4v) is 3.37. The summed E-state index contributed by atoms with van der Waals surface area (Å²) in [6.07, 6.45) is 3.73. The highest BCUT2D eigenvalue weighted by Crippen LogP contribution is 2.39. The van der Waals surface area contributed by atoms with Gasteiger partial charge in [-0.3, -0.25) is 0 Å². The van der Waals surface area contributed by atoms with Crippen LogP contribution in [0.2, 0.25) is 0 Å². The third-order valence-electron chi connectivity index (χ3n) is 4.21. The first kappa shape index (κ1) is 12.5. The first-order valence-electron chi connectivity index (χ1n) is 7.08. The Morgan fingerprint density at radius 2 is 2.26 bits per heavy atom. The highest BCUT2D eigenvalue weighted by Gasteiger charge is 2.24. The van der Waals surface area contributed by atoms with Gasteiger partial charge in [0, 0.05) is 23.5 Å². The van der Waals surface area contributed by atoms with Crippen molar-refractivity contribution in [2.75, 3.05) is 20.7 Å². The number of aromatic amines is 1. The molecule has 3 nitrogen and oxygen atoms in total. The number of aryl methyl sites for hydroxylation is 2. The smallest absolute Gasteiger partial charge is 0.143 e. The van der Waals surface area contributed by atoms with Crippen molar-refractivity contribution in [3.8, 4) is 5.75 Å². The van der Waals surface area contributed by atoms with Gasteiger partial charge in [-0.1, -0.05) is 0 Å². The number of nitrogens with one attached hydrogen (secondary N) is 2. The van der Waals surface area contributed by atoms with Crippen LogP contribution in [0.25, 0.3) is 10.9 Å². The molecule has 1 aromatic heterocycles. The van der Waals surface area contributed by atoms with E-state index < -0.39 is 0 Å². The Labute approximate surface area is 114 Å². The Morgan fingerprint density at radius 3 is 3.00 bits per heavy atom. The van der Waals surface area contributed by atoms with Gasteiger partial charge in [0.1, 0.15) is 5.75 Å². The lowest BCUT2D eigenvalue weighted by Gasteiger charge is -2.22. The second-order valence-corrected chi connectivity index (χ2v) is 5.55. The summed E-state index contributed by atoms with van der Waals surface area (Å²) in [4.78, 5) is 3.63. The average molecular weight is 258 g/mol. The molecule has 0 amide bonds. The van der Waals surface area contributed by atoms with Crippen molar-refractivity contribution >= 4 is 10.9 Å². The van der Waals surface area contributed by atoms with E-state index in [2.05, 4.69) is 29.4 Å². The largest absolute Gasteiger partial charge is 0.495 e. The standard InChI is InChI=1S/C16H22N2O/c1-10-7-13-12-6-4-5-11(9-17-2)15(12)18-16(13)14(8-10)19-3/h7-8,11,17-18H,4-6,9H2,1-3H3. The molecule has 0 saturated carbocycles. The van der Waals surface area contributed by atoms with E-state index in [1.165, 1.54) is 47.0 Å². The van der Waals surface area contributed by atoms with Crippen molar-refractivity contribution in [3.63, 3.8) is 0 Å². The number of ether oxygens (including phenoxy) is 1. The molecular weight excluding hydrogens is 236 g/mol. The molecule has 0 spiro atoms. The lowest BCUT2D eigenvalue weighted by molar-refractivity contribution is 0.418. The van der Waals surface area contributed by atoms with Crippen LogP contribution in [0.1, 0.15) is 35.6 Å². The van der Waals surface area contributed by atoms with Gasteiger partial charge in [0.15, 0.2) is 0 Å². The maximum Gasteiger partial charge on any atom is 0.143 e. The Hall–Kier alpha value is -1.48. The van der Waals surface area contributed by atoms with Crippen LogP contribution in [-0.4, -0.2) is 25.7 Å². The minimum atomic E-state index is 0.603. The predicted octanol–water partition coefficient (Wildman–Crippen LogP) is 3.12. The third kappa shape index (κ3) is 2.02. The van der Waals surface area contributed by atoms with Crippen molar-refractivity contribution < 1.29 is 4.74 Å². The van der Waals surface area contributed by atoms with E-state index in [4.69, 9.17) is 4.74 Å². The molecule has 0 bridgehead atoms. The summed E-state index contributed by atoms with van der Waals surface area (Å²) < 4.78 is 5.53. The van der Waals surface area contributed by atoms with E-state index in [0.717, 1.165) is 12.3 Å². The first-order chi connectivity index (χ1) is 9.24. The molecule has 2 aromatic rings. The molecule has 3 rings (SSSR count). The lowest BCUT2D eigenvalue weighted by Crippen LogP contribution is -2.21. The average Bonchev–Trinajstić information content (AvgIpc) is 2.78. The lowest BCUT2D eigenvalue weighted by atomic mass is 9.86.